The fraction of sp³-hybridized carbons (Fsp3) is 0.611. The minimum Gasteiger partial charge on any atom is -0.379 e. The largest absolute Gasteiger partial charge is 0.379 e. The molecule has 1 heterocycles. The van der Waals surface area contributed by atoms with Gasteiger partial charge < -0.3 is 15.0 Å². The number of aliphatic imine (C=N–C) groups is 1. The molecule has 0 bridgehead atoms. The number of rotatable bonds is 5. The summed E-state index contributed by atoms with van der Waals surface area (Å²) in [6.45, 7) is 5.53. The van der Waals surface area contributed by atoms with E-state index in [1.807, 2.05) is 20.2 Å². The standard InChI is InChI=1S/C18H28N4O.HI/c1-21(2)17(19-14-16-6-4-3-5-7-16)20-15-18(8-9-18)22-10-12-23-13-11-22;/h3-7H,8-15H2,1-2H3,(H,19,20);1H. The van der Waals surface area contributed by atoms with E-state index in [9.17, 15) is 0 Å². The first kappa shape index (κ1) is 19.5. The molecule has 1 N–H and O–H groups in total. The molecule has 0 spiro atoms. The maximum absolute atomic E-state index is 5.48. The topological polar surface area (TPSA) is 40.1 Å². The summed E-state index contributed by atoms with van der Waals surface area (Å²) in [6.07, 6.45) is 2.55. The van der Waals surface area contributed by atoms with Crippen LogP contribution < -0.4 is 5.32 Å². The summed E-state index contributed by atoms with van der Waals surface area (Å²) in [4.78, 5) is 9.42. The van der Waals surface area contributed by atoms with Crippen LogP contribution in [0.2, 0.25) is 0 Å². The van der Waals surface area contributed by atoms with E-state index in [2.05, 4.69) is 39.4 Å². The van der Waals surface area contributed by atoms with Crippen molar-refractivity contribution in [3.63, 3.8) is 0 Å². The van der Waals surface area contributed by atoms with Gasteiger partial charge in [0.25, 0.3) is 0 Å². The van der Waals surface area contributed by atoms with E-state index in [0.29, 0.717) is 12.1 Å². The molecular weight excluding hydrogens is 415 g/mol. The fourth-order valence-electron chi connectivity index (χ4n) is 3.14. The monoisotopic (exact) mass is 444 g/mol. The Balaban J connectivity index is 0.00000208. The lowest BCUT2D eigenvalue weighted by molar-refractivity contribution is 0.0105. The zero-order chi connectivity index (χ0) is 16.1. The summed E-state index contributed by atoms with van der Waals surface area (Å²) >= 11 is 0. The van der Waals surface area contributed by atoms with E-state index < -0.39 is 0 Å². The van der Waals surface area contributed by atoms with Crippen LogP contribution in [0.5, 0.6) is 0 Å². The van der Waals surface area contributed by atoms with Gasteiger partial charge in [-0.05, 0) is 18.4 Å². The predicted octanol–water partition coefficient (Wildman–Crippen LogP) is 2.18. The van der Waals surface area contributed by atoms with E-state index in [0.717, 1.165) is 38.8 Å². The van der Waals surface area contributed by atoms with E-state index in [1.165, 1.54) is 18.4 Å². The fourth-order valence-corrected chi connectivity index (χ4v) is 3.14. The van der Waals surface area contributed by atoms with Crippen molar-refractivity contribution in [2.45, 2.75) is 24.9 Å². The number of hydrogen-bond acceptors (Lipinski definition) is 3. The van der Waals surface area contributed by atoms with Crippen molar-refractivity contribution in [2.24, 2.45) is 4.99 Å². The minimum atomic E-state index is 0. The first-order valence-electron chi connectivity index (χ1n) is 8.52. The van der Waals surface area contributed by atoms with Crippen LogP contribution in [0.4, 0.5) is 0 Å². The third kappa shape index (κ3) is 5.07. The summed E-state index contributed by atoms with van der Waals surface area (Å²) in [5, 5.41) is 3.58. The molecular formula is C18H29IN4O. The molecule has 6 heteroatoms. The van der Waals surface area contributed by atoms with Crippen molar-refractivity contribution < 1.29 is 4.74 Å². The van der Waals surface area contributed by atoms with Crippen molar-refractivity contribution >= 4 is 29.9 Å². The number of halogens is 1. The molecule has 0 atom stereocenters. The predicted molar refractivity (Wildman–Crippen MR) is 109 cm³/mol. The Morgan fingerprint density at radius 1 is 1.21 bits per heavy atom. The zero-order valence-corrected chi connectivity index (χ0v) is 17.0. The molecule has 134 valence electrons. The van der Waals surface area contributed by atoms with Gasteiger partial charge in [0, 0.05) is 39.3 Å². The minimum absolute atomic E-state index is 0. The van der Waals surface area contributed by atoms with E-state index >= 15 is 0 Å². The van der Waals surface area contributed by atoms with Gasteiger partial charge in [-0.25, -0.2) is 4.99 Å². The normalized spacial score (nSPS) is 20.2. The molecule has 1 saturated heterocycles. The van der Waals surface area contributed by atoms with Crippen LogP contribution in [-0.4, -0.2) is 68.2 Å². The number of morpholine rings is 1. The lowest BCUT2D eigenvalue weighted by atomic mass is 10.2. The molecule has 0 radical (unpaired) electrons. The van der Waals surface area contributed by atoms with Crippen LogP contribution in [-0.2, 0) is 11.3 Å². The van der Waals surface area contributed by atoms with Gasteiger partial charge in [-0.15, -0.1) is 24.0 Å². The maximum Gasteiger partial charge on any atom is 0.193 e. The smallest absolute Gasteiger partial charge is 0.193 e. The van der Waals surface area contributed by atoms with Crippen LogP contribution in [0.15, 0.2) is 35.3 Å². The first-order valence-corrected chi connectivity index (χ1v) is 8.52. The highest BCUT2D eigenvalue weighted by molar-refractivity contribution is 14.0. The Bertz CT molecular complexity index is 525. The summed E-state index contributed by atoms with van der Waals surface area (Å²) in [6, 6.07) is 10.4. The van der Waals surface area contributed by atoms with Gasteiger partial charge in [0.05, 0.1) is 19.8 Å². The lowest BCUT2D eigenvalue weighted by Crippen LogP contribution is -2.52. The Hall–Kier alpha value is -0.860. The highest BCUT2D eigenvalue weighted by atomic mass is 127. The number of nitrogens with zero attached hydrogens (tertiary/aromatic N) is 3. The van der Waals surface area contributed by atoms with Crippen molar-refractivity contribution in [3.8, 4) is 0 Å². The van der Waals surface area contributed by atoms with Gasteiger partial charge in [0.1, 0.15) is 0 Å². The molecule has 0 unspecified atom stereocenters. The summed E-state index contributed by atoms with van der Waals surface area (Å²) < 4.78 is 5.48. The molecule has 24 heavy (non-hydrogen) atoms. The molecule has 1 aliphatic heterocycles. The molecule has 1 aromatic carbocycles. The molecule has 1 aromatic rings. The first-order chi connectivity index (χ1) is 11.2. The van der Waals surface area contributed by atoms with Crippen LogP contribution in [0.3, 0.4) is 0 Å². The second kappa shape index (κ2) is 9.01. The van der Waals surface area contributed by atoms with Crippen LogP contribution >= 0.6 is 24.0 Å². The van der Waals surface area contributed by atoms with E-state index in [1.54, 1.807) is 0 Å². The Kier molecular flexibility index (Phi) is 7.31. The van der Waals surface area contributed by atoms with Gasteiger partial charge in [-0.2, -0.15) is 0 Å². The van der Waals surface area contributed by atoms with Crippen LogP contribution in [0, 0.1) is 0 Å². The van der Waals surface area contributed by atoms with E-state index in [4.69, 9.17) is 9.73 Å². The molecule has 5 nitrogen and oxygen atoms in total. The van der Waals surface area contributed by atoms with Crippen molar-refractivity contribution in [1.29, 1.82) is 0 Å². The second-order valence-electron chi connectivity index (χ2n) is 6.70. The Labute approximate surface area is 162 Å². The summed E-state index contributed by atoms with van der Waals surface area (Å²) in [5.74, 6) is 0.966. The third-order valence-corrected chi connectivity index (χ3v) is 4.76. The second-order valence-corrected chi connectivity index (χ2v) is 6.70. The average Bonchev–Trinajstić information content (AvgIpc) is 3.37. The summed E-state index contributed by atoms with van der Waals surface area (Å²) in [5.41, 5.74) is 1.57. The zero-order valence-electron chi connectivity index (χ0n) is 14.7. The average molecular weight is 444 g/mol. The quantitative estimate of drug-likeness (QED) is 0.430. The molecule has 3 rings (SSSR count). The molecule has 0 amide bonds. The molecule has 1 saturated carbocycles. The summed E-state index contributed by atoms with van der Waals surface area (Å²) in [7, 11) is 4.09. The van der Waals surface area contributed by atoms with Crippen LogP contribution in [0.25, 0.3) is 0 Å². The Morgan fingerprint density at radius 3 is 2.46 bits per heavy atom. The number of ether oxygens (including phenoxy) is 1. The van der Waals surface area contributed by atoms with Crippen LogP contribution in [0.1, 0.15) is 18.4 Å². The van der Waals surface area contributed by atoms with Crippen molar-refractivity contribution in [1.82, 2.24) is 15.1 Å². The van der Waals surface area contributed by atoms with Gasteiger partial charge in [0.15, 0.2) is 5.96 Å². The number of benzene rings is 1. The van der Waals surface area contributed by atoms with E-state index in [-0.39, 0.29) is 24.0 Å². The van der Waals surface area contributed by atoms with Gasteiger partial charge in [0.2, 0.25) is 0 Å². The molecule has 2 fully saturated rings. The highest BCUT2D eigenvalue weighted by Crippen LogP contribution is 2.41. The lowest BCUT2D eigenvalue weighted by Gasteiger charge is -2.35. The van der Waals surface area contributed by atoms with Gasteiger partial charge in [-0.3, -0.25) is 4.90 Å². The van der Waals surface area contributed by atoms with Gasteiger partial charge >= 0.3 is 0 Å². The third-order valence-electron chi connectivity index (χ3n) is 4.76. The van der Waals surface area contributed by atoms with Crippen molar-refractivity contribution in [2.75, 3.05) is 46.9 Å². The van der Waals surface area contributed by atoms with Crippen molar-refractivity contribution in [3.05, 3.63) is 35.9 Å². The molecule has 1 aliphatic carbocycles. The molecule has 0 aromatic heterocycles. The Morgan fingerprint density at radius 2 is 1.88 bits per heavy atom. The number of guanidine groups is 1. The molecule has 2 aliphatic rings. The number of hydrogen-bond donors (Lipinski definition) is 1. The number of nitrogens with one attached hydrogen (secondary N) is 1. The highest BCUT2D eigenvalue weighted by Gasteiger charge is 2.48. The van der Waals surface area contributed by atoms with Gasteiger partial charge in [-0.1, -0.05) is 30.3 Å². The maximum atomic E-state index is 5.48. The SMILES string of the molecule is CN(C)C(=NCc1ccccc1)NCC1(N2CCOCC2)CC1.I.